The molecule has 2 saturated heterocycles. The third-order valence-electron chi connectivity index (χ3n) is 3.87. The van der Waals surface area contributed by atoms with Crippen molar-refractivity contribution in [1.82, 2.24) is 5.32 Å². The van der Waals surface area contributed by atoms with Crippen LogP contribution in [0.4, 0.5) is 0 Å². The highest BCUT2D eigenvalue weighted by atomic mass is 16.5. The molecule has 0 saturated carbocycles. The van der Waals surface area contributed by atoms with Gasteiger partial charge in [-0.3, -0.25) is 0 Å². The van der Waals surface area contributed by atoms with E-state index in [4.69, 9.17) is 9.47 Å². The Morgan fingerprint density at radius 3 is 2.44 bits per heavy atom. The number of nitrogens with one attached hydrogen (secondary N) is 1. The molecule has 0 aromatic rings. The summed E-state index contributed by atoms with van der Waals surface area (Å²) < 4.78 is 11.2. The van der Waals surface area contributed by atoms with Crippen LogP contribution in [-0.4, -0.2) is 37.5 Å². The summed E-state index contributed by atoms with van der Waals surface area (Å²) in [5.41, 5.74) is 0. The largest absolute Gasteiger partial charge is 0.381 e. The van der Waals surface area contributed by atoms with Crippen molar-refractivity contribution >= 4 is 0 Å². The van der Waals surface area contributed by atoms with Gasteiger partial charge in [0.05, 0.1) is 18.8 Å². The van der Waals surface area contributed by atoms with Crippen molar-refractivity contribution in [2.45, 2.75) is 64.3 Å². The molecule has 3 heteroatoms. The van der Waals surface area contributed by atoms with Gasteiger partial charge in [-0.05, 0) is 46.0 Å². The van der Waals surface area contributed by atoms with Gasteiger partial charge in [-0.1, -0.05) is 0 Å². The lowest BCUT2D eigenvalue weighted by atomic mass is 9.95. The van der Waals surface area contributed by atoms with Crippen LogP contribution in [0.15, 0.2) is 0 Å². The van der Waals surface area contributed by atoms with E-state index in [1.165, 1.54) is 6.42 Å². The minimum absolute atomic E-state index is 0.397. The average Bonchev–Trinajstić information content (AvgIpc) is 2.68. The number of ether oxygens (including phenoxy) is 2. The van der Waals surface area contributed by atoms with Gasteiger partial charge >= 0.3 is 0 Å². The zero-order chi connectivity index (χ0) is 11.5. The van der Waals surface area contributed by atoms with Crippen molar-refractivity contribution < 1.29 is 9.47 Å². The van der Waals surface area contributed by atoms with Crippen LogP contribution in [0.5, 0.6) is 0 Å². The molecule has 4 atom stereocenters. The zero-order valence-corrected chi connectivity index (χ0v) is 10.7. The highest BCUT2D eigenvalue weighted by Crippen LogP contribution is 2.22. The smallest absolute Gasteiger partial charge is 0.0565 e. The Hall–Kier alpha value is -0.120. The Balaban J connectivity index is 1.79. The van der Waals surface area contributed by atoms with E-state index >= 15 is 0 Å². The Kier molecular flexibility index (Phi) is 4.22. The van der Waals surface area contributed by atoms with Crippen molar-refractivity contribution in [3.63, 3.8) is 0 Å². The minimum Gasteiger partial charge on any atom is -0.381 e. The Morgan fingerprint density at radius 1 is 1.19 bits per heavy atom. The van der Waals surface area contributed by atoms with Crippen molar-refractivity contribution in [2.24, 2.45) is 5.92 Å². The zero-order valence-electron chi connectivity index (χ0n) is 10.7. The molecule has 94 valence electrons. The summed E-state index contributed by atoms with van der Waals surface area (Å²) in [5, 5.41) is 3.76. The first-order chi connectivity index (χ1) is 7.65. The second-order valence-electron chi connectivity index (χ2n) is 5.50. The Morgan fingerprint density at radius 2 is 1.88 bits per heavy atom. The van der Waals surface area contributed by atoms with Gasteiger partial charge in [-0.25, -0.2) is 0 Å². The third-order valence-corrected chi connectivity index (χ3v) is 3.87. The molecule has 0 aromatic carbocycles. The van der Waals surface area contributed by atoms with Gasteiger partial charge < -0.3 is 14.8 Å². The maximum Gasteiger partial charge on any atom is 0.0565 e. The van der Waals surface area contributed by atoms with E-state index in [-0.39, 0.29) is 0 Å². The van der Waals surface area contributed by atoms with Crippen LogP contribution in [0, 0.1) is 5.92 Å². The van der Waals surface area contributed by atoms with Crippen molar-refractivity contribution in [1.29, 1.82) is 0 Å². The fraction of sp³-hybridized carbons (Fsp3) is 1.00. The molecular weight excluding hydrogens is 202 g/mol. The van der Waals surface area contributed by atoms with E-state index < -0.39 is 0 Å². The highest BCUT2D eigenvalue weighted by molar-refractivity contribution is 4.84. The van der Waals surface area contributed by atoms with Crippen LogP contribution in [0.1, 0.15) is 40.0 Å². The molecule has 0 aliphatic carbocycles. The predicted octanol–water partition coefficient (Wildman–Crippen LogP) is 1.96. The summed E-state index contributed by atoms with van der Waals surface area (Å²) in [5.74, 6) is 0.702. The molecule has 2 aliphatic heterocycles. The number of rotatable bonds is 3. The van der Waals surface area contributed by atoms with Crippen LogP contribution in [0.3, 0.4) is 0 Å². The number of hydrogen-bond acceptors (Lipinski definition) is 3. The molecule has 0 spiro atoms. The molecule has 0 radical (unpaired) electrons. The molecule has 2 fully saturated rings. The van der Waals surface area contributed by atoms with Gasteiger partial charge in [0.15, 0.2) is 0 Å². The standard InChI is InChI=1S/C13H25NO2/c1-9-6-13(7-10(2)16-9)14-11(3)12-4-5-15-8-12/h9-14H,4-8H2,1-3H3. The summed E-state index contributed by atoms with van der Waals surface area (Å²) >= 11 is 0. The molecule has 0 aromatic heterocycles. The van der Waals surface area contributed by atoms with E-state index in [2.05, 4.69) is 26.1 Å². The first kappa shape index (κ1) is 12.3. The second kappa shape index (κ2) is 5.48. The molecular formula is C13H25NO2. The molecule has 2 rings (SSSR count). The average molecular weight is 227 g/mol. The van der Waals surface area contributed by atoms with Gasteiger partial charge in [0.2, 0.25) is 0 Å². The molecule has 4 unspecified atom stereocenters. The minimum atomic E-state index is 0.397. The van der Waals surface area contributed by atoms with Gasteiger partial charge in [0.1, 0.15) is 0 Å². The number of hydrogen-bond donors (Lipinski definition) is 1. The Labute approximate surface area is 98.9 Å². The van der Waals surface area contributed by atoms with Crippen LogP contribution in [0.2, 0.25) is 0 Å². The third kappa shape index (κ3) is 3.19. The van der Waals surface area contributed by atoms with Gasteiger partial charge in [0, 0.05) is 18.7 Å². The quantitative estimate of drug-likeness (QED) is 0.799. The first-order valence-electron chi connectivity index (χ1n) is 6.64. The van der Waals surface area contributed by atoms with E-state index in [1.54, 1.807) is 0 Å². The van der Waals surface area contributed by atoms with E-state index in [0.717, 1.165) is 26.1 Å². The van der Waals surface area contributed by atoms with E-state index in [1.807, 2.05) is 0 Å². The fourth-order valence-corrected chi connectivity index (χ4v) is 3.00. The highest BCUT2D eigenvalue weighted by Gasteiger charge is 2.28. The summed E-state index contributed by atoms with van der Waals surface area (Å²) in [6.07, 6.45) is 4.29. The molecule has 3 nitrogen and oxygen atoms in total. The lowest BCUT2D eigenvalue weighted by molar-refractivity contribution is -0.0442. The maximum absolute atomic E-state index is 5.76. The van der Waals surface area contributed by atoms with Gasteiger partial charge in [0.25, 0.3) is 0 Å². The molecule has 0 amide bonds. The van der Waals surface area contributed by atoms with E-state index in [9.17, 15) is 0 Å². The summed E-state index contributed by atoms with van der Waals surface area (Å²) in [6, 6.07) is 1.19. The fourth-order valence-electron chi connectivity index (χ4n) is 3.00. The topological polar surface area (TPSA) is 30.5 Å². The molecule has 0 bridgehead atoms. The first-order valence-corrected chi connectivity index (χ1v) is 6.64. The van der Waals surface area contributed by atoms with Crippen molar-refractivity contribution in [3.8, 4) is 0 Å². The van der Waals surface area contributed by atoms with Crippen LogP contribution in [0.25, 0.3) is 0 Å². The Bertz CT molecular complexity index is 206. The van der Waals surface area contributed by atoms with E-state index in [0.29, 0.717) is 30.2 Å². The summed E-state index contributed by atoms with van der Waals surface area (Å²) in [7, 11) is 0. The molecule has 1 N–H and O–H groups in total. The summed E-state index contributed by atoms with van der Waals surface area (Å²) in [4.78, 5) is 0. The van der Waals surface area contributed by atoms with Crippen molar-refractivity contribution in [2.75, 3.05) is 13.2 Å². The maximum atomic E-state index is 5.76. The monoisotopic (exact) mass is 227 g/mol. The van der Waals surface area contributed by atoms with Crippen LogP contribution in [-0.2, 0) is 9.47 Å². The SMILES string of the molecule is CC1CC(NC(C)C2CCOC2)CC(C)O1. The summed E-state index contributed by atoms with van der Waals surface area (Å²) in [6.45, 7) is 8.52. The molecule has 16 heavy (non-hydrogen) atoms. The normalized spacial score (nSPS) is 42.2. The van der Waals surface area contributed by atoms with Gasteiger partial charge in [-0.15, -0.1) is 0 Å². The second-order valence-corrected chi connectivity index (χ2v) is 5.50. The lowest BCUT2D eigenvalue weighted by Gasteiger charge is -2.35. The van der Waals surface area contributed by atoms with Gasteiger partial charge in [-0.2, -0.15) is 0 Å². The predicted molar refractivity (Wildman–Crippen MR) is 64.6 cm³/mol. The molecule has 2 aliphatic rings. The van der Waals surface area contributed by atoms with Crippen molar-refractivity contribution in [3.05, 3.63) is 0 Å². The molecule has 2 heterocycles. The lowest BCUT2D eigenvalue weighted by Crippen LogP contribution is -2.47. The van der Waals surface area contributed by atoms with Crippen LogP contribution >= 0.6 is 0 Å². The van der Waals surface area contributed by atoms with Crippen LogP contribution < -0.4 is 5.32 Å².